The fourth-order valence-corrected chi connectivity index (χ4v) is 3.75. The number of nitrogens with zero attached hydrogens (tertiary/aromatic N) is 2. The quantitative estimate of drug-likeness (QED) is 0.419. The summed E-state index contributed by atoms with van der Waals surface area (Å²) in [5, 5.41) is 4.14. The summed E-state index contributed by atoms with van der Waals surface area (Å²) in [5.41, 5.74) is 6.47. The lowest BCUT2D eigenvalue weighted by Crippen LogP contribution is -2.26. The van der Waals surface area contributed by atoms with E-state index >= 15 is 0 Å². The third kappa shape index (κ3) is 5.34. The summed E-state index contributed by atoms with van der Waals surface area (Å²) < 4.78 is 0. The molecule has 2 aromatic heterocycles. The summed E-state index contributed by atoms with van der Waals surface area (Å²) in [5.74, 6) is 0.0641. The van der Waals surface area contributed by atoms with Gasteiger partial charge in [0.25, 0.3) is 0 Å². The SMILES string of the molecule is Cc1cccc(-c2ccc([C@H](C)NC(=O)CCCc3ccc4cccnc4n3)cc2)c1. The van der Waals surface area contributed by atoms with Gasteiger partial charge in [-0.3, -0.25) is 4.79 Å². The van der Waals surface area contributed by atoms with Crippen molar-refractivity contribution >= 4 is 16.9 Å². The van der Waals surface area contributed by atoms with Gasteiger partial charge in [-0.25, -0.2) is 9.97 Å². The van der Waals surface area contributed by atoms with Crippen molar-refractivity contribution in [2.75, 3.05) is 0 Å². The van der Waals surface area contributed by atoms with Gasteiger partial charge in [0.1, 0.15) is 0 Å². The van der Waals surface area contributed by atoms with Gasteiger partial charge in [0, 0.05) is 23.7 Å². The maximum absolute atomic E-state index is 12.4. The number of nitrogens with one attached hydrogen (secondary N) is 1. The molecule has 1 N–H and O–H groups in total. The van der Waals surface area contributed by atoms with Crippen molar-refractivity contribution < 1.29 is 4.79 Å². The van der Waals surface area contributed by atoms with Gasteiger partial charge in [-0.2, -0.15) is 0 Å². The Labute approximate surface area is 183 Å². The van der Waals surface area contributed by atoms with E-state index in [4.69, 9.17) is 0 Å². The van der Waals surface area contributed by atoms with Gasteiger partial charge in [-0.1, -0.05) is 54.1 Å². The number of hydrogen-bond acceptors (Lipinski definition) is 3. The smallest absolute Gasteiger partial charge is 0.220 e. The lowest BCUT2D eigenvalue weighted by molar-refractivity contribution is -0.121. The zero-order valence-electron chi connectivity index (χ0n) is 18.0. The molecule has 2 heterocycles. The van der Waals surface area contributed by atoms with Crippen LogP contribution in [0.2, 0.25) is 0 Å². The van der Waals surface area contributed by atoms with Gasteiger partial charge in [0.2, 0.25) is 5.91 Å². The molecule has 31 heavy (non-hydrogen) atoms. The van der Waals surface area contributed by atoms with E-state index in [-0.39, 0.29) is 11.9 Å². The highest BCUT2D eigenvalue weighted by atomic mass is 16.1. The molecule has 1 atom stereocenters. The molecule has 2 aromatic carbocycles. The Morgan fingerprint density at radius 3 is 2.61 bits per heavy atom. The molecule has 1 amide bonds. The molecule has 0 aliphatic heterocycles. The topological polar surface area (TPSA) is 54.9 Å². The van der Waals surface area contributed by atoms with Crippen molar-refractivity contribution in [2.24, 2.45) is 0 Å². The molecule has 4 aromatic rings. The Hall–Kier alpha value is -3.53. The van der Waals surface area contributed by atoms with Crippen LogP contribution in [0.25, 0.3) is 22.2 Å². The summed E-state index contributed by atoms with van der Waals surface area (Å²) in [4.78, 5) is 21.3. The van der Waals surface area contributed by atoms with E-state index < -0.39 is 0 Å². The Kier molecular flexibility index (Phi) is 6.37. The fourth-order valence-electron chi connectivity index (χ4n) is 3.75. The number of fused-ring (bicyclic) bond motifs is 1. The maximum atomic E-state index is 12.4. The van der Waals surface area contributed by atoms with E-state index in [9.17, 15) is 4.79 Å². The van der Waals surface area contributed by atoms with Crippen molar-refractivity contribution in [2.45, 2.75) is 39.2 Å². The molecule has 4 heteroatoms. The first kappa shape index (κ1) is 20.7. The van der Waals surface area contributed by atoms with Gasteiger partial charge in [-0.15, -0.1) is 0 Å². The summed E-state index contributed by atoms with van der Waals surface area (Å²) in [6.07, 6.45) is 3.75. The predicted molar refractivity (Wildman–Crippen MR) is 126 cm³/mol. The highest BCUT2D eigenvalue weighted by Crippen LogP contribution is 2.23. The van der Waals surface area contributed by atoms with E-state index in [2.05, 4.69) is 70.7 Å². The molecule has 4 nitrogen and oxygen atoms in total. The van der Waals surface area contributed by atoms with Crippen LogP contribution in [0.1, 0.15) is 42.6 Å². The normalized spacial score (nSPS) is 11.9. The number of pyridine rings is 2. The largest absolute Gasteiger partial charge is 0.350 e. The number of amides is 1. The van der Waals surface area contributed by atoms with Crippen molar-refractivity contribution in [3.63, 3.8) is 0 Å². The molecule has 156 valence electrons. The molecule has 0 aliphatic rings. The van der Waals surface area contributed by atoms with Crippen molar-refractivity contribution in [3.05, 3.63) is 95.8 Å². The van der Waals surface area contributed by atoms with Crippen LogP contribution in [0.5, 0.6) is 0 Å². The number of carbonyl (C=O) groups is 1. The van der Waals surface area contributed by atoms with E-state index in [1.165, 1.54) is 16.7 Å². The maximum Gasteiger partial charge on any atom is 0.220 e. The van der Waals surface area contributed by atoms with Crippen LogP contribution in [0.3, 0.4) is 0 Å². The second-order valence-electron chi connectivity index (χ2n) is 7.99. The molecule has 0 spiro atoms. The number of benzene rings is 2. The van der Waals surface area contributed by atoms with Gasteiger partial charge >= 0.3 is 0 Å². The Morgan fingerprint density at radius 1 is 0.968 bits per heavy atom. The van der Waals surface area contributed by atoms with Gasteiger partial charge < -0.3 is 5.32 Å². The molecule has 0 aliphatic carbocycles. The second kappa shape index (κ2) is 9.52. The van der Waals surface area contributed by atoms with Crippen molar-refractivity contribution in [3.8, 4) is 11.1 Å². The molecule has 0 radical (unpaired) electrons. The number of aryl methyl sites for hydroxylation is 2. The predicted octanol–water partition coefficient (Wildman–Crippen LogP) is 5.81. The van der Waals surface area contributed by atoms with Crippen LogP contribution in [0.4, 0.5) is 0 Å². The van der Waals surface area contributed by atoms with Crippen LogP contribution in [-0.2, 0) is 11.2 Å². The monoisotopic (exact) mass is 409 g/mol. The molecule has 0 saturated heterocycles. The van der Waals surface area contributed by atoms with Crippen LogP contribution >= 0.6 is 0 Å². The molecular formula is C27H27N3O. The third-order valence-electron chi connectivity index (χ3n) is 5.50. The number of rotatable bonds is 7. The highest BCUT2D eigenvalue weighted by Gasteiger charge is 2.10. The van der Waals surface area contributed by atoms with Gasteiger partial charge in [-0.05, 0) is 67.6 Å². The van der Waals surface area contributed by atoms with Crippen molar-refractivity contribution in [1.82, 2.24) is 15.3 Å². The van der Waals surface area contributed by atoms with Gasteiger partial charge in [0.15, 0.2) is 5.65 Å². The number of carbonyl (C=O) groups excluding carboxylic acids is 1. The summed E-state index contributed by atoms with van der Waals surface area (Å²) in [7, 11) is 0. The minimum atomic E-state index is -0.0259. The lowest BCUT2D eigenvalue weighted by Gasteiger charge is -2.15. The average Bonchev–Trinajstić information content (AvgIpc) is 2.79. The molecular weight excluding hydrogens is 382 g/mol. The van der Waals surface area contributed by atoms with Crippen LogP contribution < -0.4 is 5.32 Å². The van der Waals surface area contributed by atoms with E-state index in [1.807, 2.05) is 31.2 Å². The van der Waals surface area contributed by atoms with Crippen LogP contribution in [0.15, 0.2) is 79.0 Å². The van der Waals surface area contributed by atoms with E-state index in [0.717, 1.165) is 35.1 Å². The zero-order valence-corrected chi connectivity index (χ0v) is 18.0. The summed E-state index contributed by atoms with van der Waals surface area (Å²) in [6.45, 7) is 4.12. The summed E-state index contributed by atoms with van der Waals surface area (Å²) in [6, 6.07) is 24.8. The molecule has 0 saturated carbocycles. The van der Waals surface area contributed by atoms with Gasteiger partial charge in [0.05, 0.1) is 6.04 Å². The number of aromatic nitrogens is 2. The third-order valence-corrected chi connectivity index (χ3v) is 5.50. The molecule has 0 fully saturated rings. The Morgan fingerprint density at radius 2 is 1.81 bits per heavy atom. The zero-order chi connectivity index (χ0) is 21.6. The van der Waals surface area contributed by atoms with Crippen LogP contribution in [-0.4, -0.2) is 15.9 Å². The molecule has 4 rings (SSSR count). The number of hydrogen-bond donors (Lipinski definition) is 1. The first-order valence-corrected chi connectivity index (χ1v) is 10.8. The van der Waals surface area contributed by atoms with Crippen LogP contribution in [0, 0.1) is 6.92 Å². The first-order chi connectivity index (χ1) is 15.1. The second-order valence-corrected chi connectivity index (χ2v) is 7.99. The minimum Gasteiger partial charge on any atom is -0.350 e. The first-order valence-electron chi connectivity index (χ1n) is 10.8. The summed E-state index contributed by atoms with van der Waals surface area (Å²) >= 11 is 0. The molecule has 0 bridgehead atoms. The molecule has 0 unspecified atom stereocenters. The Balaban J connectivity index is 1.28. The standard InChI is InChI=1S/C27H27N3O/c1-19-6-3-7-24(18-19)22-13-11-21(12-14-22)20(2)29-26(31)10-4-9-25-16-15-23-8-5-17-28-27(23)30-25/h3,5-8,11-18,20H,4,9-10H2,1-2H3,(H,29,31)/t20-/m0/s1. The lowest BCUT2D eigenvalue weighted by atomic mass is 10.00. The highest BCUT2D eigenvalue weighted by molar-refractivity contribution is 5.76. The minimum absolute atomic E-state index is 0.0259. The van der Waals surface area contributed by atoms with E-state index in [1.54, 1.807) is 6.20 Å². The fraction of sp³-hybridized carbons (Fsp3) is 0.222. The van der Waals surface area contributed by atoms with E-state index in [0.29, 0.717) is 6.42 Å². The Bertz CT molecular complexity index is 1180. The average molecular weight is 410 g/mol. The van der Waals surface area contributed by atoms with Crippen molar-refractivity contribution in [1.29, 1.82) is 0 Å².